The van der Waals surface area contributed by atoms with Crippen molar-refractivity contribution in [3.63, 3.8) is 0 Å². The van der Waals surface area contributed by atoms with Crippen LogP contribution in [0, 0.1) is 0 Å². The Morgan fingerprint density at radius 3 is 2.50 bits per heavy atom. The molecule has 114 valence electrons. The fourth-order valence-electron chi connectivity index (χ4n) is 2.79. The van der Waals surface area contributed by atoms with Crippen LogP contribution in [0.1, 0.15) is 0 Å². The molecule has 4 aliphatic rings. The first-order valence-corrected chi connectivity index (χ1v) is 7.39. The zero-order valence-corrected chi connectivity index (χ0v) is 13.2. The van der Waals surface area contributed by atoms with E-state index in [1.165, 1.54) is 5.70 Å². The van der Waals surface area contributed by atoms with Crippen LogP contribution in [0.3, 0.4) is 0 Å². The summed E-state index contributed by atoms with van der Waals surface area (Å²) in [7, 11) is 4.07. The normalized spacial score (nSPS) is 24.5. The summed E-state index contributed by atoms with van der Waals surface area (Å²) in [4.78, 5) is 8.43. The lowest BCUT2D eigenvalue weighted by Crippen LogP contribution is -2.23. The van der Waals surface area contributed by atoms with E-state index in [2.05, 4.69) is 65.5 Å². The largest absolute Gasteiger partial charge is 0.359 e. The molecule has 0 aromatic heterocycles. The third-order valence-corrected chi connectivity index (χ3v) is 4.15. The minimum absolute atomic E-state index is 0.512. The number of nitrogens with zero attached hydrogens (tertiary/aromatic N) is 4. The minimum Gasteiger partial charge on any atom is -0.359 e. The second-order valence-corrected chi connectivity index (χ2v) is 5.65. The Labute approximate surface area is 132 Å². The molecule has 0 amide bonds. The highest BCUT2D eigenvalue weighted by molar-refractivity contribution is 5.35. The Morgan fingerprint density at radius 2 is 1.77 bits per heavy atom. The molecule has 1 atom stereocenters. The molecule has 0 saturated carbocycles. The summed E-state index contributed by atoms with van der Waals surface area (Å²) in [5.41, 5.74) is 1.18. The van der Waals surface area contributed by atoms with Gasteiger partial charge in [0, 0.05) is 39.2 Å². The molecule has 0 aromatic rings. The van der Waals surface area contributed by atoms with Crippen molar-refractivity contribution >= 4 is 0 Å². The molecule has 1 saturated heterocycles. The SMILES string of the molecule is C=C1N(C)C=C2C=CC=CN12.C=C1N(C)CC2C=CC=CN12. The standard InChI is InChI=1S/C9H12N2.C9H10N2/c2*1-8-10(2)7-9-5-3-4-6-11(8)9/h3-6,9H,1,7H2,2H3;3-7H,1H2,2H3. The highest BCUT2D eigenvalue weighted by Crippen LogP contribution is 2.26. The number of fused-ring (bicyclic) bond motifs is 2. The van der Waals surface area contributed by atoms with E-state index in [-0.39, 0.29) is 0 Å². The van der Waals surface area contributed by atoms with E-state index in [1.807, 2.05) is 36.4 Å². The molecular formula is C18H22N4. The van der Waals surface area contributed by atoms with E-state index in [9.17, 15) is 0 Å². The first kappa shape index (κ1) is 14.3. The Bertz CT molecular complexity index is 633. The lowest BCUT2D eigenvalue weighted by Gasteiger charge is -2.21. The summed E-state index contributed by atoms with van der Waals surface area (Å²) >= 11 is 0. The summed E-state index contributed by atoms with van der Waals surface area (Å²) in [6.45, 7) is 8.98. The van der Waals surface area contributed by atoms with Gasteiger partial charge in [0.25, 0.3) is 0 Å². The van der Waals surface area contributed by atoms with Gasteiger partial charge in [-0.1, -0.05) is 31.4 Å². The van der Waals surface area contributed by atoms with Gasteiger partial charge < -0.3 is 19.6 Å². The number of allylic oxidation sites excluding steroid dienone is 5. The van der Waals surface area contributed by atoms with Gasteiger partial charge in [-0.2, -0.15) is 0 Å². The maximum Gasteiger partial charge on any atom is 0.109 e. The topological polar surface area (TPSA) is 13.0 Å². The van der Waals surface area contributed by atoms with Crippen molar-refractivity contribution in [1.82, 2.24) is 19.6 Å². The zero-order chi connectivity index (χ0) is 15.7. The van der Waals surface area contributed by atoms with E-state index in [0.29, 0.717) is 6.04 Å². The first-order valence-electron chi connectivity index (χ1n) is 7.39. The molecule has 0 aliphatic carbocycles. The molecule has 4 nitrogen and oxygen atoms in total. The van der Waals surface area contributed by atoms with Crippen molar-refractivity contribution in [2.75, 3.05) is 20.6 Å². The quantitative estimate of drug-likeness (QED) is 0.681. The fourth-order valence-corrected chi connectivity index (χ4v) is 2.79. The second-order valence-electron chi connectivity index (χ2n) is 5.65. The van der Waals surface area contributed by atoms with Crippen molar-refractivity contribution in [2.24, 2.45) is 0 Å². The van der Waals surface area contributed by atoms with Gasteiger partial charge in [0.15, 0.2) is 0 Å². The number of hydrogen-bond donors (Lipinski definition) is 0. The highest BCUT2D eigenvalue weighted by atomic mass is 15.4. The summed E-state index contributed by atoms with van der Waals surface area (Å²) < 4.78 is 0. The molecule has 4 heterocycles. The highest BCUT2D eigenvalue weighted by Gasteiger charge is 2.27. The molecule has 22 heavy (non-hydrogen) atoms. The lowest BCUT2D eigenvalue weighted by atomic mass is 10.2. The molecular weight excluding hydrogens is 272 g/mol. The lowest BCUT2D eigenvalue weighted by molar-refractivity contribution is 0.438. The van der Waals surface area contributed by atoms with Crippen molar-refractivity contribution in [3.05, 3.63) is 85.6 Å². The van der Waals surface area contributed by atoms with Gasteiger partial charge in [0.1, 0.15) is 11.6 Å². The molecule has 1 fully saturated rings. The van der Waals surface area contributed by atoms with E-state index in [0.717, 1.165) is 18.2 Å². The summed E-state index contributed by atoms with van der Waals surface area (Å²) in [5.74, 6) is 2.09. The van der Waals surface area contributed by atoms with Crippen LogP contribution in [0.4, 0.5) is 0 Å². The zero-order valence-electron chi connectivity index (χ0n) is 13.2. The van der Waals surface area contributed by atoms with Gasteiger partial charge in [0.05, 0.1) is 11.7 Å². The minimum atomic E-state index is 0.512. The van der Waals surface area contributed by atoms with Crippen molar-refractivity contribution < 1.29 is 0 Å². The average Bonchev–Trinajstić information content (AvgIpc) is 2.98. The predicted octanol–water partition coefficient (Wildman–Crippen LogP) is 2.79. The first-order chi connectivity index (χ1) is 10.6. The van der Waals surface area contributed by atoms with Gasteiger partial charge in [-0.05, 0) is 18.2 Å². The third kappa shape index (κ3) is 2.48. The van der Waals surface area contributed by atoms with E-state index in [4.69, 9.17) is 0 Å². The monoisotopic (exact) mass is 294 g/mol. The van der Waals surface area contributed by atoms with Gasteiger partial charge in [-0.3, -0.25) is 0 Å². The molecule has 0 aromatic carbocycles. The second kappa shape index (κ2) is 5.64. The molecule has 1 unspecified atom stereocenters. The van der Waals surface area contributed by atoms with Crippen molar-refractivity contribution in [3.8, 4) is 0 Å². The summed E-state index contributed by atoms with van der Waals surface area (Å²) in [5, 5.41) is 0. The number of rotatable bonds is 0. The van der Waals surface area contributed by atoms with Crippen LogP contribution in [0.15, 0.2) is 85.6 Å². The van der Waals surface area contributed by atoms with Crippen molar-refractivity contribution in [1.29, 1.82) is 0 Å². The summed E-state index contributed by atoms with van der Waals surface area (Å²) in [6, 6.07) is 0.512. The molecule has 0 N–H and O–H groups in total. The van der Waals surface area contributed by atoms with Gasteiger partial charge in [0.2, 0.25) is 0 Å². The maximum absolute atomic E-state index is 3.99. The van der Waals surface area contributed by atoms with E-state index < -0.39 is 0 Å². The van der Waals surface area contributed by atoms with Crippen LogP contribution in [0.5, 0.6) is 0 Å². The predicted molar refractivity (Wildman–Crippen MR) is 90.8 cm³/mol. The Morgan fingerprint density at radius 1 is 1.00 bits per heavy atom. The van der Waals surface area contributed by atoms with Gasteiger partial charge >= 0.3 is 0 Å². The molecule has 0 bridgehead atoms. The van der Waals surface area contributed by atoms with Crippen LogP contribution >= 0.6 is 0 Å². The Kier molecular flexibility index (Phi) is 3.67. The van der Waals surface area contributed by atoms with Crippen molar-refractivity contribution in [2.45, 2.75) is 6.04 Å². The molecule has 4 aliphatic heterocycles. The van der Waals surface area contributed by atoms with E-state index in [1.54, 1.807) is 0 Å². The Balaban J connectivity index is 0.000000131. The summed E-state index contributed by atoms with van der Waals surface area (Å²) in [6.07, 6.45) is 18.6. The maximum atomic E-state index is 3.99. The molecule has 0 spiro atoms. The smallest absolute Gasteiger partial charge is 0.109 e. The molecule has 4 heteroatoms. The third-order valence-electron chi connectivity index (χ3n) is 4.15. The molecule has 0 radical (unpaired) electrons. The van der Waals surface area contributed by atoms with Crippen LogP contribution in [0.2, 0.25) is 0 Å². The van der Waals surface area contributed by atoms with Crippen LogP contribution in [0.25, 0.3) is 0 Å². The Hall–Kier alpha value is -2.62. The fraction of sp³-hybridized carbons (Fsp3) is 0.222. The van der Waals surface area contributed by atoms with Crippen LogP contribution in [-0.4, -0.2) is 46.3 Å². The number of hydrogen-bond acceptors (Lipinski definition) is 4. The number of likely N-dealkylation sites (N-methyl/N-ethyl adjacent to an activating group) is 1. The molecule has 4 rings (SSSR count). The average molecular weight is 294 g/mol. The van der Waals surface area contributed by atoms with Gasteiger partial charge in [-0.25, -0.2) is 0 Å². The van der Waals surface area contributed by atoms with E-state index >= 15 is 0 Å². The van der Waals surface area contributed by atoms with Crippen LogP contribution < -0.4 is 0 Å². The van der Waals surface area contributed by atoms with Gasteiger partial charge in [-0.15, -0.1) is 0 Å². The van der Waals surface area contributed by atoms with Crippen LogP contribution in [-0.2, 0) is 0 Å².